The van der Waals surface area contributed by atoms with Crippen molar-refractivity contribution in [3.05, 3.63) is 41.1 Å². The predicted octanol–water partition coefficient (Wildman–Crippen LogP) is 3.10. The van der Waals surface area contributed by atoms with Crippen LogP contribution in [-0.2, 0) is 7.05 Å². The fourth-order valence-corrected chi connectivity index (χ4v) is 2.34. The first-order valence-corrected chi connectivity index (χ1v) is 6.21. The van der Waals surface area contributed by atoms with Gasteiger partial charge in [-0.05, 0) is 24.3 Å². The van der Waals surface area contributed by atoms with Gasteiger partial charge in [0.15, 0.2) is 0 Å². The molecular formula is C13H10BrN3O. The molecule has 0 aliphatic heterocycles. The third-order valence-electron chi connectivity index (χ3n) is 2.88. The van der Waals surface area contributed by atoms with E-state index in [1.54, 1.807) is 12.3 Å². The fourth-order valence-electron chi connectivity index (χ4n) is 1.99. The van der Waals surface area contributed by atoms with Gasteiger partial charge in [-0.1, -0.05) is 15.9 Å². The van der Waals surface area contributed by atoms with Crippen molar-refractivity contribution < 1.29 is 5.11 Å². The summed E-state index contributed by atoms with van der Waals surface area (Å²) in [7, 11) is 1.93. The second kappa shape index (κ2) is 4.10. The molecule has 90 valence electrons. The Morgan fingerprint density at radius 3 is 2.89 bits per heavy atom. The van der Waals surface area contributed by atoms with Crippen LogP contribution in [0.1, 0.15) is 0 Å². The van der Waals surface area contributed by atoms with Crippen molar-refractivity contribution in [3.8, 4) is 17.1 Å². The highest BCUT2D eigenvalue weighted by molar-refractivity contribution is 9.10. The minimum Gasteiger partial charge on any atom is -0.506 e. The normalized spacial score (nSPS) is 11.0. The van der Waals surface area contributed by atoms with Crippen molar-refractivity contribution in [1.82, 2.24) is 14.5 Å². The van der Waals surface area contributed by atoms with Gasteiger partial charge in [0.2, 0.25) is 0 Å². The zero-order chi connectivity index (χ0) is 12.7. The van der Waals surface area contributed by atoms with Crippen molar-refractivity contribution in [1.29, 1.82) is 0 Å². The first kappa shape index (κ1) is 11.2. The molecule has 0 fully saturated rings. The Hall–Kier alpha value is -1.88. The molecule has 4 nitrogen and oxygen atoms in total. The Morgan fingerprint density at radius 2 is 2.11 bits per heavy atom. The molecule has 1 aromatic carbocycles. The van der Waals surface area contributed by atoms with E-state index in [1.165, 1.54) is 6.20 Å². The summed E-state index contributed by atoms with van der Waals surface area (Å²) in [5, 5.41) is 9.84. The third kappa shape index (κ3) is 1.67. The van der Waals surface area contributed by atoms with Gasteiger partial charge in [0.05, 0.1) is 22.8 Å². The summed E-state index contributed by atoms with van der Waals surface area (Å²) in [5.41, 5.74) is 2.59. The van der Waals surface area contributed by atoms with Gasteiger partial charge in [0, 0.05) is 17.7 Å². The van der Waals surface area contributed by atoms with Crippen LogP contribution in [0.15, 0.2) is 41.1 Å². The molecule has 0 unspecified atom stereocenters. The Bertz CT molecular complexity index is 736. The smallest absolute Gasteiger partial charge is 0.144 e. The van der Waals surface area contributed by atoms with Crippen LogP contribution in [0.5, 0.6) is 5.75 Å². The Kier molecular flexibility index (Phi) is 2.56. The van der Waals surface area contributed by atoms with E-state index in [4.69, 9.17) is 0 Å². The van der Waals surface area contributed by atoms with E-state index in [2.05, 4.69) is 25.9 Å². The van der Waals surface area contributed by atoms with Crippen molar-refractivity contribution in [2.45, 2.75) is 0 Å². The number of hydrogen-bond donors (Lipinski definition) is 1. The van der Waals surface area contributed by atoms with E-state index in [1.807, 2.05) is 29.8 Å². The number of aromatic nitrogens is 3. The summed E-state index contributed by atoms with van der Waals surface area (Å²) in [5.74, 6) is 0.859. The number of fused-ring (bicyclic) bond motifs is 1. The lowest BCUT2D eigenvalue weighted by Gasteiger charge is -2.03. The molecule has 3 rings (SSSR count). The van der Waals surface area contributed by atoms with Crippen molar-refractivity contribution in [3.63, 3.8) is 0 Å². The Labute approximate surface area is 112 Å². The number of aryl methyl sites for hydroxylation is 1. The van der Waals surface area contributed by atoms with Gasteiger partial charge in [0.25, 0.3) is 0 Å². The molecule has 2 heterocycles. The highest BCUT2D eigenvalue weighted by Gasteiger charge is 2.13. The third-order valence-corrected chi connectivity index (χ3v) is 3.38. The van der Waals surface area contributed by atoms with Gasteiger partial charge < -0.3 is 9.67 Å². The summed E-state index contributed by atoms with van der Waals surface area (Å²) in [6.45, 7) is 0. The summed E-state index contributed by atoms with van der Waals surface area (Å²) in [6.07, 6.45) is 3.06. The molecule has 5 heteroatoms. The maximum Gasteiger partial charge on any atom is 0.144 e. The van der Waals surface area contributed by atoms with Gasteiger partial charge in [0.1, 0.15) is 11.6 Å². The van der Waals surface area contributed by atoms with Crippen molar-refractivity contribution in [2.24, 2.45) is 7.05 Å². The maximum atomic E-state index is 9.84. The second-order valence-electron chi connectivity index (χ2n) is 4.02. The van der Waals surface area contributed by atoms with E-state index in [0.717, 1.165) is 21.3 Å². The Morgan fingerprint density at radius 1 is 1.28 bits per heavy atom. The number of pyridine rings is 1. The lowest BCUT2D eigenvalue weighted by Crippen LogP contribution is -1.92. The quantitative estimate of drug-likeness (QED) is 0.751. The van der Waals surface area contributed by atoms with Crippen molar-refractivity contribution in [2.75, 3.05) is 0 Å². The summed E-state index contributed by atoms with van der Waals surface area (Å²) < 4.78 is 2.94. The molecule has 18 heavy (non-hydrogen) atoms. The average Bonchev–Trinajstić information content (AvgIpc) is 2.67. The maximum absolute atomic E-state index is 9.84. The monoisotopic (exact) mass is 303 g/mol. The minimum absolute atomic E-state index is 0.134. The lowest BCUT2D eigenvalue weighted by molar-refractivity contribution is 0.474. The topological polar surface area (TPSA) is 50.9 Å². The van der Waals surface area contributed by atoms with E-state index in [0.29, 0.717) is 5.56 Å². The highest BCUT2D eigenvalue weighted by atomic mass is 79.9. The van der Waals surface area contributed by atoms with Crippen LogP contribution < -0.4 is 0 Å². The Balaban J connectivity index is 2.31. The molecule has 1 N–H and O–H groups in total. The molecule has 0 atom stereocenters. The number of hydrogen-bond acceptors (Lipinski definition) is 3. The van der Waals surface area contributed by atoms with Crippen molar-refractivity contribution >= 4 is 27.0 Å². The predicted molar refractivity (Wildman–Crippen MR) is 73.3 cm³/mol. The second-order valence-corrected chi connectivity index (χ2v) is 4.94. The van der Waals surface area contributed by atoms with Crippen LogP contribution >= 0.6 is 15.9 Å². The van der Waals surface area contributed by atoms with Gasteiger partial charge in [-0.15, -0.1) is 0 Å². The SMILES string of the molecule is Cn1c(-c2ccncc2O)nc2cc(Br)ccc21. The van der Waals surface area contributed by atoms with E-state index >= 15 is 0 Å². The van der Waals surface area contributed by atoms with Gasteiger partial charge in [-0.25, -0.2) is 4.98 Å². The van der Waals surface area contributed by atoms with Gasteiger partial charge >= 0.3 is 0 Å². The van der Waals surface area contributed by atoms with Gasteiger partial charge in [-0.3, -0.25) is 4.98 Å². The van der Waals surface area contributed by atoms with Crippen LogP contribution in [0, 0.1) is 0 Å². The number of benzene rings is 1. The first-order chi connectivity index (χ1) is 8.66. The molecule has 0 aliphatic carbocycles. The highest BCUT2D eigenvalue weighted by Crippen LogP contribution is 2.30. The van der Waals surface area contributed by atoms with Gasteiger partial charge in [-0.2, -0.15) is 0 Å². The van der Waals surface area contributed by atoms with E-state index < -0.39 is 0 Å². The van der Waals surface area contributed by atoms with Crippen LogP contribution in [0.3, 0.4) is 0 Å². The molecule has 3 aromatic rings. The largest absolute Gasteiger partial charge is 0.506 e. The number of imidazole rings is 1. The molecule has 0 saturated heterocycles. The standard InChI is InChI=1S/C13H10BrN3O/c1-17-11-3-2-8(14)6-10(11)16-13(17)9-4-5-15-7-12(9)18/h2-7,18H,1H3. The molecule has 0 aliphatic rings. The van der Waals surface area contributed by atoms with Crippen LogP contribution in [0.4, 0.5) is 0 Å². The zero-order valence-electron chi connectivity index (χ0n) is 9.63. The minimum atomic E-state index is 0.134. The van der Waals surface area contributed by atoms with Crippen LogP contribution in [0.25, 0.3) is 22.4 Å². The summed E-state index contributed by atoms with van der Waals surface area (Å²) in [6, 6.07) is 7.68. The lowest BCUT2D eigenvalue weighted by atomic mass is 10.2. The van der Waals surface area contributed by atoms with E-state index in [9.17, 15) is 5.11 Å². The number of aromatic hydroxyl groups is 1. The van der Waals surface area contributed by atoms with Crippen LogP contribution in [-0.4, -0.2) is 19.6 Å². The number of rotatable bonds is 1. The zero-order valence-corrected chi connectivity index (χ0v) is 11.2. The molecule has 0 amide bonds. The fraction of sp³-hybridized carbons (Fsp3) is 0.0769. The molecule has 2 aromatic heterocycles. The number of halogens is 1. The molecule has 0 saturated carbocycles. The molecular weight excluding hydrogens is 294 g/mol. The molecule has 0 spiro atoms. The molecule has 0 bridgehead atoms. The summed E-state index contributed by atoms with van der Waals surface area (Å²) >= 11 is 3.43. The van der Waals surface area contributed by atoms with Crippen LogP contribution in [0.2, 0.25) is 0 Å². The summed E-state index contributed by atoms with van der Waals surface area (Å²) in [4.78, 5) is 8.42. The van der Waals surface area contributed by atoms with E-state index in [-0.39, 0.29) is 5.75 Å². The average molecular weight is 304 g/mol. The molecule has 0 radical (unpaired) electrons. The number of nitrogens with zero attached hydrogens (tertiary/aromatic N) is 3. The first-order valence-electron chi connectivity index (χ1n) is 5.42.